The van der Waals surface area contributed by atoms with Crippen molar-refractivity contribution in [3.8, 4) is 0 Å². The van der Waals surface area contributed by atoms with Gasteiger partial charge in [-0.05, 0) is 36.8 Å². The van der Waals surface area contributed by atoms with Gasteiger partial charge in [-0.15, -0.1) is 0 Å². The van der Waals surface area contributed by atoms with Crippen molar-refractivity contribution in [2.75, 3.05) is 13.1 Å². The molecule has 0 amide bonds. The van der Waals surface area contributed by atoms with Crippen molar-refractivity contribution in [2.45, 2.75) is 44.0 Å². The van der Waals surface area contributed by atoms with E-state index in [1.165, 1.54) is 4.31 Å². The Hall–Kier alpha value is -0.910. The molecule has 1 heterocycles. The maximum atomic E-state index is 12.7. The van der Waals surface area contributed by atoms with Crippen molar-refractivity contribution >= 4 is 10.0 Å². The van der Waals surface area contributed by atoms with Gasteiger partial charge in [-0.2, -0.15) is 4.31 Å². The molecule has 0 spiro atoms. The van der Waals surface area contributed by atoms with Crippen molar-refractivity contribution in [3.63, 3.8) is 0 Å². The number of nitrogens with two attached hydrogens (primary N) is 1. The molecule has 20 heavy (non-hydrogen) atoms. The van der Waals surface area contributed by atoms with Crippen LogP contribution in [0, 0.1) is 5.92 Å². The van der Waals surface area contributed by atoms with Crippen LogP contribution < -0.4 is 5.73 Å². The van der Waals surface area contributed by atoms with Gasteiger partial charge in [-0.3, -0.25) is 0 Å². The normalized spacial score (nSPS) is 20.7. The highest BCUT2D eigenvalue weighted by Crippen LogP contribution is 2.25. The highest BCUT2D eigenvalue weighted by Gasteiger charge is 2.32. The van der Waals surface area contributed by atoms with Gasteiger partial charge >= 0.3 is 0 Å². The molecular weight excluding hydrogens is 272 g/mol. The van der Waals surface area contributed by atoms with E-state index in [9.17, 15) is 8.42 Å². The molecule has 1 aliphatic rings. The Bertz CT molecular complexity index is 555. The quantitative estimate of drug-likeness (QED) is 0.904. The highest BCUT2D eigenvalue weighted by molar-refractivity contribution is 7.89. The Morgan fingerprint density at radius 3 is 2.65 bits per heavy atom. The molecule has 1 fully saturated rings. The van der Waals surface area contributed by atoms with Crippen LogP contribution in [0.5, 0.6) is 0 Å². The maximum Gasteiger partial charge on any atom is 0.243 e. The summed E-state index contributed by atoms with van der Waals surface area (Å²) < 4.78 is 27.0. The van der Waals surface area contributed by atoms with Crippen LogP contribution in [-0.2, 0) is 16.4 Å². The minimum absolute atomic E-state index is 0.0346. The molecule has 0 saturated carbocycles. The summed E-state index contributed by atoms with van der Waals surface area (Å²) in [7, 11) is -3.40. The summed E-state index contributed by atoms with van der Waals surface area (Å²) in [6.45, 7) is 5.26. The fourth-order valence-corrected chi connectivity index (χ4v) is 4.28. The Labute approximate surface area is 122 Å². The van der Waals surface area contributed by atoms with Crippen LogP contribution in [0.3, 0.4) is 0 Å². The minimum atomic E-state index is -3.40. The maximum absolute atomic E-state index is 12.7. The van der Waals surface area contributed by atoms with Gasteiger partial charge < -0.3 is 5.73 Å². The van der Waals surface area contributed by atoms with Crippen LogP contribution in [0.2, 0.25) is 0 Å². The van der Waals surface area contributed by atoms with Gasteiger partial charge in [0, 0.05) is 19.1 Å². The van der Waals surface area contributed by atoms with E-state index in [1.807, 2.05) is 12.1 Å². The molecule has 0 radical (unpaired) electrons. The molecule has 0 aromatic heterocycles. The highest BCUT2D eigenvalue weighted by atomic mass is 32.2. The minimum Gasteiger partial charge on any atom is -0.326 e. The summed E-state index contributed by atoms with van der Waals surface area (Å²) in [6, 6.07) is 7.30. The number of nitrogens with zero attached hydrogens (tertiary/aromatic N) is 1. The summed E-state index contributed by atoms with van der Waals surface area (Å²) >= 11 is 0. The van der Waals surface area contributed by atoms with Crippen LogP contribution >= 0.6 is 0 Å². The monoisotopic (exact) mass is 296 g/mol. The molecule has 1 aromatic rings. The molecule has 112 valence electrons. The van der Waals surface area contributed by atoms with E-state index in [0.29, 0.717) is 23.9 Å². The fourth-order valence-electron chi connectivity index (χ4n) is 2.52. The zero-order chi connectivity index (χ0) is 14.8. The molecule has 5 heteroatoms. The van der Waals surface area contributed by atoms with E-state index in [4.69, 9.17) is 5.73 Å². The molecule has 0 aliphatic carbocycles. The van der Waals surface area contributed by atoms with E-state index in [1.54, 1.807) is 12.1 Å². The third kappa shape index (κ3) is 3.40. The number of hydrogen-bond acceptors (Lipinski definition) is 3. The third-order valence-corrected chi connectivity index (χ3v) is 5.73. The predicted molar refractivity (Wildman–Crippen MR) is 81.0 cm³/mol. The largest absolute Gasteiger partial charge is 0.326 e. The van der Waals surface area contributed by atoms with E-state index < -0.39 is 10.0 Å². The predicted octanol–water partition coefficient (Wildman–Crippen LogP) is 2.00. The average Bonchev–Trinajstić information content (AvgIpc) is 2.84. The molecule has 1 saturated heterocycles. The molecule has 2 rings (SSSR count). The standard InChI is InChI=1S/C15H24N2O2S/c1-12(2)7-8-13-5-3-4-6-15(13)20(18,19)17-10-9-14(16)11-17/h3-6,12,14H,7-11,16H2,1-2H3. The topological polar surface area (TPSA) is 63.4 Å². The van der Waals surface area contributed by atoms with Gasteiger partial charge in [0.1, 0.15) is 0 Å². The lowest BCUT2D eigenvalue weighted by atomic mass is 10.0. The number of aryl methyl sites for hydroxylation is 1. The summed E-state index contributed by atoms with van der Waals surface area (Å²) in [5, 5.41) is 0. The Kier molecular flexibility index (Phi) is 4.83. The van der Waals surface area contributed by atoms with Crippen LogP contribution in [0.15, 0.2) is 29.2 Å². The summed E-state index contributed by atoms with van der Waals surface area (Å²) in [6.07, 6.45) is 2.53. The lowest BCUT2D eigenvalue weighted by molar-refractivity contribution is 0.471. The number of rotatable bonds is 5. The summed E-state index contributed by atoms with van der Waals surface area (Å²) in [5.74, 6) is 0.561. The molecule has 4 nitrogen and oxygen atoms in total. The lowest BCUT2D eigenvalue weighted by Crippen LogP contribution is -2.32. The number of hydrogen-bond donors (Lipinski definition) is 1. The first-order valence-electron chi connectivity index (χ1n) is 7.25. The van der Waals surface area contributed by atoms with Gasteiger partial charge in [0.25, 0.3) is 0 Å². The van der Waals surface area contributed by atoms with Crippen LogP contribution in [0.25, 0.3) is 0 Å². The third-order valence-electron chi connectivity index (χ3n) is 3.77. The van der Waals surface area contributed by atoms with E-state index in [-0.39, 0.29) is 6.04 Å². The Morgan fingerprint density at radius 1 is 1.35 bits per heavy atom. The van der Waals surface area contributed by atoms with Crippen molar-refractivity contribution in [1.29, 1.82) is 0 Å². The number of sulfonamides is 1. The smallest absolute Gasteiger partial charge is 0.243 e. The zero-order valence-electron chi connectivity index (χ0n) is 12.2. The first-order valence-corrected chi connectivity index (χ1v) is 8.69. The van der Waals surface area contributed by atoms with Crippen molar-refractivity contribution in [1.82, 2.24) is 4.31 Å². The van der Waals surface area contributed by atoms with Crippen LogP contribution in [0.4, 0.5) is 0 Å². The van der Waals surface area contributed by atoms with Gasteiger partial charge in [0.05, 0.1) is 4.90 Å². The second-order valence-electron chi connectivity index (χ2n) is 5.95. The molecule has 1 atom stereocenters. The Morgan fingerprint density at radius 2 is 2.05 bits per heavy atom. The van der Waals surface area contributed by atoms with Crippen molar-refractivity contribution < 1.29 is 8.42 Å². The van der Waals surface area contributed by atoms with Crippen molar-refractivity contribution in [2.24, 2.45) is 11.7 Å². The lowest BCUT2D eigenvalue weighted by Gasteiger charge is -2.18. The van der Waals surface area contributed by atoms with Crippen LogP contribution in [0.1, 0.15) is 32.3 Å². The first-order chi connectivity index (χ1) is 9.41. The molecule has 2 N–H and O–H groups in total. The van der Waals surface area contributed by atoms with Gasteiger partial charge in [0.15, 0.2) is 0 Å². The SMILES string of the molecule is CC(C)CCc1ccccc1S(=O)(=O)N1CCC(N)C1. The zero-order valence-corrected chi connectivity index (χ0v) is 13.1. The second-order valence-corrected chi connectivity index (χ2v) is 7.86. The van der Waals surface area contributed by atoms with Gasteiger partial charge in [-0.25, -0.2) is 8.42 Å². The van der Waals surface area contributed by atoms with Gasteiger partial charge in [0.2, 0.25) is 10.0 Å². The van der Waals surface area contributed by atoms with E-state index in [2.05, 4.69) is 13.8 Å². The molecule has 1 aliphatic heterocycles. The second kappa shape index (κ2) is 6.24. The average molecular weight is 296 g/mol. The molecular formula is C15H24N2O2S. The van der Waals surface area contributed by atoms with E-state index >= 15 is 0 Å². The molecule has 0 bridgehead atoms. The molecule has 1 unspecified atom stereocenters. The summed E-state index contributed by atoms with van der Waals surface area (Å²) in [5.41, 5.74) is 6.75. The first kappa shape index (κ1) is 15.5. The molecule has 1 aromatic carbocycles. The summed E-state index contributed by atoms with van der Waals surface area (Å²) in [4.78, 5) is 0.453. The fraction of sp³-hybridized carbons (Fsp3) is 0.600. The van der Waals surface area contributed by atoms with Crippen LogP contribution in [-0.4, -0.2) is 31.9 Å². The van der Waals surface area contributed by atoms with E-state index in [0.717, 1.165) is 24.8 Å². The van der Waals surface area contributed by atoms with Crippen molar-refractivity contribution in [3.05, 3.63) is 29.8 Å². The Balaban J connectivity index is 2.27. The van der Waals surface area contributed by atoms with Gasteiger partial charge in [-0.1, -0.05) is 32.0 Å². The number of benzene rings is 1.